The molecule has 1 N–H and O–H groups in total. The molecule has 2 heterocycles. The Balaban J connectivity index is 1.47. The van der Waals surface area contributed by atoms with Crippen LogP contribution in [0.5, 0.6) is 0 Å². The summed E-state index contributed by atoms with van der Waals surface area (Å²) in [5, 5.41) is 0. The number of aryl methyl sites for hydroxylation is 2. The van der Waals surface area contributed by atoms with E-state index in [1.807, 2.05) is 30.3 Å². The topological polar surface area (TPSA) is 70.2 Å². The van der Waals surface area contributed by atoms with Crippen LogP contribution in [0.3, 0.4) is 0 Å². The number of amides is 1. The first kappa shape index (κ1) is 17.7. The van der Waals surface area contributed by atoms with Crippen LogP contribution in [0.2, 0.25) is 0 Å². The highest BCUT2D eigenvalue weighted by atomic mass is 16.2. The SMILES string of the molecule is O=C(Cc1ccccc1)[C@H]1CCCN(C(=O)c2cc3c([nH]c2=O)CCC3)C1. The quantitative estimate of drug-likeness (QED) is 0.906. The number of likely N-dealkylation sites (tertiary alicyclic amines) is 1. The minimum atomic E-state index is -0.307. The number of ketones is 1. The van der Waals surface area contributed by atoms with Crippen LogP contribution >= 0.6 is 0 Å². The number of aromatic nitrogens is 1. The molecule has 140 valence electrons. The van der Waals surface area contributed by atoms with Gasteiger partial charge in [0.2, 0.25) is 0 Å². The van der Waals surface area contributed by atoms with Gasteiger partial charge in [-0.25, -0.2) is 0 Å². The molecule has 1 aromatic carbocycles. The number of aromatic amines is 1. The van der Waals surface area contributed by atoms with Crippen molar-refractivity contribution in [3.63, 3.8) is 0 Å². The first-order valence-corrected chi connectivity index (χ1v) is 9.73. The van der Waals surface area contributed by atoms with Gasteiger partial charge in [0.25, 0.3) is 11.5 Å². The Hall–Kier alpha value is -2.69. The molecule has 5 nitrogen and oxygen atoms in total. The highest BCUT2D eigenvalue weighted by Crippen LogP contribution is 2.23. The number of rotatable bonds is 4. The van der Waals surface area contributed by atoms with E-state index >= 15 is 0 Å². The summed E-state index contributed by atoms with van der Waals surface area (Å²) >= 11 is 0. The van der Waals surface area contributed by atoms with Crippen LogP contribution in [0.4, 0.5) is 0 Å². The maximum absolute atomic E-state index is 12.9. The van der Waals surface area contributed by atoms with Gasteiger partial charge in [0.1, 0.15) is 11.3 Å². The lowest BCUT2D eigenvalue weighted by Crippen LogP contribution is -2.44. The molecular weight excluding hydrogens is 340 g/mol. The summed E-state index contributed by atoms with van der Waals surface area (Å²) in [5.74, 6) is -0.235. The fraction of sp³-hybridized carbons (Fsp3) is 0.409. The average Bonchev–Trinajstić information content (AvgIpc) is 3.15. The summed E-state index contributed by atoms with van der Waals surface area (Å²) in [6.07, 6.45) is 4.79. The Bertz CT molecular complexity index is 917. The molecule has 1 aromatic heterocycles. The number of fused-ring (bicyclic) bond motifs is 1. The highest BCUT2D eigenvalue weighted by Gasteiger charge is 2.30. The second-order valence-corrected chi connectivity index (χ2v) is 7.59. The number of benzene rings is 1. The molecule has 27 heavy (non-hydrogen) atoms. The molecular formula is C22H24N2O3. The van der Waals surface area contributed by atoms with E-state index in [9.17, 15) is 14.4 Å². The molecule has 2 aromatic rings. The van der Waals surface area contributed by atoms with Crippen molar-refractivity contribution >= 4 is 11.7 Å². The molecule has 0 bridgehead atoms. The van der Waals surface area contributed by atoms with E-state index in [1.54, 1.807) is 11.0 Å². The average molecular weight is 364 g/mol. The van der Waals surface area contributed by atoms with Gasteiger partial charge in [0.15, 0.2) is 0 Å². The Morgan fingerprint density at radius 3 is 2.74 bits per heavy atom. The van der Waals surface area contributed by atoms with Crippen LogP contribution in [-0.2, 0) is 24.1 Å². The van der Waals surface area contributed by atoms with E-state index in [2.05, 4.69) is 4.98 Å². The Morgan fingerprint density at radius 2 is 1.93 bits per heavy atom. The van der Waals surface area contributed by atoms with E-state index in [4.69, 9.17) is 0 Å². The molecule has 4 rings (SSSR count). The van der Waals surface area contributed by atoms with Crippen LogP contribution in [0.15, 0.2) is 41.2 Å². The summed E-state index contributed by atoms with van der Waals surface area (Å²) in [4.78, 5) is 42.5. The molecule has 1 saturated heterocycles. The summed E-state index contributed by atoms with van der Waals surface area (Å²) in [5.41, 5.74) is 2.95. The normalized spacial score (nSPS) is 19.0. The summed E-state index contributed by atoms with van der Waals surface area (Å²) in [6, 6.07) is 11.5. The second kappa shape index (κ2) is 7.51. The zero-order valence-corrected chi connectivity index (χ0v) is 15.4. The first-order chi connectivity index (χ1) is 13.1. The number of Topliss-reactive ketones (excluding diaryl/α,β-unsaturated/α-hetero) is 1. The number of pyridine rings is 1. The van der Waals surface area contributed by atoms with Gasteiger partial charge >= 0.3 is 0 Å². The van der Waals surface area contributed by atoms with Crippen molar-refractivity contribution in [2.24, 2.45) is 5.92 Å². The number of H-pyrrole nitrogens is 1. The molecule has 1 aliphatic heterocycles. The van der Waals surface area contributed by atoms with Gasteiger partial charge in [-0.05, 0) is 49.3 Å². The van der Waals surface area contributed by atoms with Gasteiger partial charge in [0.05, 0.1) is 0 Å². The predicted octanol–water partition coefficient (Wildman–Crippen LogP) is 2.53. The number of carbonyl (C=O) groups excluding carboxylic acids is 2. The fourth-order valence-electron chi connectivity index (χ4n) is 4.21. The minimum Gasteiger partial charge on any atom is -0.338 e. The van der Waals surface area contributed by atoms with Crippen LogP contribution in [0.25, 0.3) is 0 Å². The van der Waals surface area contributed by atoms with E-state index in [-0.39, 0.29) is 28.7 Å². The molecule has 0 saturated carbocycles. The van der Waals surface area contributed by atoms with Crippen molar-refractivity contribution in [2.75, 3.05) is 13.1 Å². The highest BCUT2D eigenvalue weighted by molar-refractivity contribution is 5.94. The van der Waals surface area contributed by atoms with Gasteiger partial charge < -0.3 is 9.88 Å². The molecule has 2 aliphatic rings. The van der Waals surface area contributed by atoms with E-state index in [0.717, 1.165) is 48.9 Å². The molecule has 0 spiro atoms. The number of hydrogen-bond acceptors (Lipinski definition) is 3. The van der Waals surface area contributed by atoms with Crippen molar-refractivity contribution < 1.29 is 9.59 Å². The van der Waals surface area contributed by atoms with Crippen molar-refractivity contribution in [1.29, 1.82) is 0 Å². The molecule has 1 atom stereocenters. The molecule has 0 radical (unpaired) electrons. The van der Waals surface area contributed by atoms with E-state index < -0.39 is 0 Å². The van der Waals surface area contributed by atoms with Crippen LogP contribution < -0.4 is 5.56 Å². The van der Waals surface area contributed by atoms with E-state index in [1.165, 1.54) is 0 Å². The lowest BCUT2D eigenvalue weighted by atomic mass is 9.90. The largest absolute Gasteiger partial charge is 0.338 e. The maximum Gasteiger partial charge on any atom is 0.261 e. The zero-order valence-electron chi connectivity index (χ0n) is 15.4. The Labute approximate surface area is 158 Å². The number of nitrogens with zero attached hydrogens (tertiary/aromatic N) is 1. The van der Waals surface area contributed by atoms with Crippen molar-refractivity contribution in [3.05, 3.63) is 69.1 Å². The number of hydrogen-bond donors (Lipinski definition) is 1. The molecule has 5 heteroatoms. The number of piperidine rings is 1. The third kappa shape index (κ3) is 3.72. The standard InChI is InChI=1S/C22H24N2O3/c25-20(12-15-6-2-1-3-7-15)17-9-5-11-24(14-17)22(27)18-13-16-8-4-10-19(16)23-21(18)26/h1-3,6-7,13,17H,4-5,8-12,14H2,(H,23,26)/t17-/m0/s1. The van der Waals surface area contributed by atoms with Gasteiger partial charge in [-0.15, -0.1) is 0 Å². The molecule has 0 unspecified atom stereocenters. The third-order valence-corrected chi connectivity index (χ3v) is 5.70. The lowest BCUT2D eigenvalue weighted by Gasteiger charge is -2.32. The smallest absolute Gasteiger partial charge is 0.261 e. The molecule has 1 amide bonds. The van der Waals surface area contributed by atoms with Crippen molar-refractivity contribution in [2.45, 2.75) is 38.5 Å². The molecule has 1 fully saturated rings. The van der Waals surface area contributed by atoms with Gasteiger partial charge in [-0.2, -0.15) is 0 Å². The first-order valence-electron chi connectivity index (χ1n) is 9.73. The summed E-state index contributed by atoms with van der Waals surface area (Å²) in [6.45, 7) is 1.01. The van der Waals surface area contributed by atoms with Crippen LogP contribution in [0.1, 0.15) is 46.4 Å². The van der Waals surface area contributed by atoms with Gasteiger partial charge in [-0.3, -0.25) is 14.4 Å². The molecule has 1 aliphatic carbocycles. The zero-order chi connectivity index (χ0) is 18.8. The second-order valence-electron chi connectivity index (χ2n) is 7.59. The van der Waals surface area contributed by atoms with Crippen molar-refractivity contribution in [1.82, 2.24) is 9.88 Å². The fourth-order valence-corrected chi connectivity index (χ4v) is 4.21. The van der Waals surface area contributed by atoms with E-state index in [0.29, 0.717) is 19.5 Å². The summed E-state index contributed by atoms with van der Waals surface area (Å²) < 4.78 is 0. The monoisotopic (exact) mass is 364 g/mol. The third-order valence-electron chi connectivity index (χ3n) is 5.70. The Kier molecular flexibility index (Phi) is 4.92. The summed E-state index contributed by atoms with van der Waals surface area (Å²) in [7, 11) is 0. The van der Waals surface area contributed by atoms with Gasteiger partial charge in [-0.1, -0.05) is 30.3 Å². The number of nitrogens with one attached hydrogen (secondary N) is 1. The van der Waals surface area contributed by atoms with Crippen LogP contribution in [0, 0.1) is 5.92 Å². The van der Waals surface area contributed by atoms with Crippen LogP contribution in [-0.4, -0.2) is 34.7 Å². The maximum atomic E-state index is 12.9. The van der Waals surface area contributed by atoms with Gasteiger partial charge in [0, 0.05) is 31.1 Å². The van der Waals surface area contributed by atoms with Crippen molar-refractivity contribution in [3.8, 4) is 0 Å². The minimum absolute atomic E-state index is 0.156. The predicted molar refractivity (Wildman–Crippen MR) is 103 cm³/mol. The Morgan fingerprint density at radius 1 is 1.11 bits per heavy atom. The lowest BCUT2D eigenvalue weighted by molar-refractivity contribution is -0.123. The number of carbonyl (C=O) groups is 2.